The van der Waals surface area contributed by atoms with Gasteiger partial charge in [-0.25, -0.2) is 13.1 Å². The van der Waals surface area contributed by atoms with Crippen LogP contribution in [-0.4, -0.2) is 55.2 Å². The maximum absolute atomic E-state index is 12.5. The first-order valence-corrected chi connectivity index (χ1v) is 11.5. The molecule has 0 aliphatic carbocycles. The molecule has 0 unspecified atom stereocenters. The molecule has 2 N–H and O–H groups in total. The lowest BCUT2D eigenvalue weighted by Gasteiger charge is -2.11. The number of amides is 1. The van der Waals surface area contributed by atoms with Gasteiger partial charge in [0.2, 0.25) is 15.9 Å². The molecule has 0 bridgehead atoms. The van der Waals surface area contributed by atoms with Crippen LogP contribution < -0.4 is 19.5 Å². The van der Waals surface area contributed by atoms with Crippen molar-refractivity contribution in [3.63, 3.8) is 0 Å². The van der Waals surface area contributed by atoms with Crippen molar-refractivity contribution in [1.29, 1.82) is 0 Å². The minimum Gasteiger partial charge on any atom is -0.490 e. The fraction of sp³-hybridized carbons (Fsp3) is 0.350. The smallest absolute Gasteiger partial charge is 0.240 e. The Balaban J connectivity index is 1.24. The molecule has 0 atom stereocenters. The summed E-state index contributed by atoms with van der Waals surface area (Å²) in [6.45, 7) is 1.36. The molecular formula is C20H23N5O5S. The van der Waals surface area contributed by atoms with Crippen molar-refractivity contribution in [2.75, 3.05) is 26.3 Å². The van der Waals surface area contributed by atoms with Gasteiger partial charge in [0.05, 0.1) is 18.1 Å². The van der Waals surface area contributed by atoms with Gasteiger partial charge in [-0.1, -0.05) is 6.07 Å². The van der Waals surface area contributed by atoms with Crippen LogP contribution in [0.25, 0.3) is 5.65 Å². The summed E-state index contributed by atoms with van der Waals surface area (Å²) >= 11 is 0. The molecule has 1 aliphatic rings. The summed E-state index contributed by atoms with van der Waals surface area (Å²) in [5.41, 5.74) is 0.744. The molecule has 0 fully saturated rings. The van der Waals surface area contributed by atoms with Gasteiger partial charge in [-0.05, 0) is 24.3 Å². The van der Waals surface area contributed by atoms with Gasteiger partial charge in [-0.3, -0.25) is 9.20 Å². The Kier molecular flexibility index (Phi) is 6.33. The van der Waals surface area contributed by atoms with Crippen molar-refractivity contribution in [2.24, 2.45) is 0 Å². The summed E-state index contributed by atoms with van der Waals surface area (Å²) in [7, 11) is -3.77. The van der Waals surface area contributed by atoms with E-state index in [1.54, 1.807) is 6.07 Å². The van der Waals surface area contributed by atoms with E-state index in [4.69, 9.17) is 9.47 Å². The number of benzene rings is 1. The summed E-state index contributed by atoms with van der Waals surface area (Å²) in [6.07, 6.45) is 3.13. The molecule has 3 heterocycles. The Labute approximate surface area is 179 Å². The van der Waals surface area contributed by atoms with Gasteiger partial charge >= 0.3 is 0 Å². The van der Waals surface area contributed by atoms with Crippen LogP contribution >= 0.6 is 0 Å². The Morgan fingerprint density at radius 2 is 1.90 bits per heavy atom. The first-order chi connectivity index (χ1) is 15.0. The zero-order valence-corrected chi connectivity index (χ0v) is 17.6. The van der Waals surface area contributed by atoms with E-state index in [1.807, 2.05) is 28.8 Å². The topological polar surface area (TPSA) is 124 Å². The molecule has 4 rings (SSSR count). The second kappa shape index (κ2) is 9.31. The fourth-order valence-corrected chi connectivity index (χ4v) is 4.20. The van der Waals surface area contributed by atoms with Gasteiger partial charge in [0.15, 0.2) is 17.1 Å². The van der Waals surface area contributed by atoms with Gasteiger partial charge in [-0.2, -0.15) is 0 Å². The average Bonchev–Trinajstić information content (AvgIpc) is 3.02. The second-order valence-electron chi connectivity index (χ2n) is 6.95. The lowest BCUT2D eigenvalue weighted by Crippen LogP contribution is -2.31. The number of carbonyl (C=O) groups is 1. The summed E-state index contributed by atoms with van der Waals surface area (Å²) in [5.74, 6) is 1.41. The normalized spacial score (nSPS) is 13.7. The molecule has 10 nitrogen and oxygen atoms in total. The molecule has 164 valence electrons. The third kappa shape index (κ3) is 5.12. The van der Waals surface area contributed by atoms with E-state index in [9.17, 15) is 13.2 Å². The lowest BCUT2D eigenvalue weighted by molar-refractivity contribution is -0.120. The Bertz CT molecular complexity index is 1180. The third-order valence-corrected chi connectivity index (χ3v) is 6.19. The molecule has 1 aliphatic heterocycles. The highest BCUT2D eigenvalue weighted by Crippen LogP contribution is 2.31. The largest absolute Gasteiger partial charge is 0.490 e. The maximum atomic E-state index is 12.5. The van der Waals surface area contributed by atoms with Gasteiger partial charge in [0.25, 0.3) is 0 Å². The third-order valence-electron chi connectivity index (χ3n) is 4.73. The number of aromatic nitrogens is 3. The SMILES string of the molecule is O=C(CCNS(=O)(=O)c1ccc2c(c1)OCCCO2)NCCc1nnc2ccccn12. The van der Waals surface area contributed by atoms with E-state index in [1.165, 1.54) is 12.1 Å². The lowest BCUT2D eigenvalue weighted by atomic mass is 10.3. The molecule has 0 spiro atoms. The average molecular weight is 446 g/mol. The maximum Gasteiger partial charge on any atom is 0.240 e. The summed E-state index contributed by atoms with van der Waals surface area (Å²) < 4.78 is 40.4. The van der Waals surface area contributed by atoms with Crippen molar-refractivity contribution in [1.82, 2.24) is 24.6 Å². The number of nitrogens with zero attached hydrogens (tertiary/aromatic N) is 3. The molecule has 1 amide bonds. The van der Waals surface area contributed by atoms with E-state index < -0.39 is 10.0 Å². The van der Waals surface area contributed by atoms with Crippen LogP contribution in [0.4, 0.5) is 0 Å². The summed E-state index contributed by atoms with van der Waals surface area (Å²) in [4.78, 5) is 12.1. The quantitative estimate of drug-likeness (QED) is 0.528. The predicted octanol–water partition coefficient (Wildman–Crippen LogP) is 0.918. The summed E-state index contributed by atoms with van der Waals surface area (Å²) in [5, 5.41) is 10.9. The Hall–Kier alpha value is -3.18. The number of nitrogens with one attached hydrogen (secondary N) is 2. The molecule has 0 radical (unpaired) electrons. The highest BCUT2D eigenvalue weighted by atomic mass is 32.2. The van der Waals surface area contributed by atoms with E-state index in [2.05, 4.69) is 20.2 Å². The van der Waals surface area contributed by atoms with Crippen LogP contribution in [-0.2, 0) is 21.2 Å². The van der Waals surface area contributed by atoms with Crippen molar-refractivity contribution in [3.05, 3.63) is 48.4 Å². The highest BCUT2D eigenvalue weighted by molar-refractivity contribution is 7.89. The molecular weight excluding hydrogens is 422 g/mol. The zero-order chi connectivity index (χ0) is 21.7. The predicted molar refractivity (Wildman–Crippen MR) is 112 cm³/mol. The molecule has 1 aromatic carbocycles. The van der Waals surface area contributed by atoms with E-state index in [0.29, 0.717) is 37.7 Å². The Morgan fingerprint density at radius 3 is 2.77 bits per heavy atom. The fourth-order valence-electron chi connectivity index (χ4n) is 3.16. The number of hydrogen-bond acceptors (Lipinski definition) is 7. The number of hydrogen-bond donors (Lipinski definition) is 2. The minimum atomic E-state index is -3.77. The molecule has 0 saturated carbocycles. The highest BCUT2D eigenvalue weighted by Gasteiger charge is 2.19. The van der Waals surface area contributed by atoms with Crippen molar-refractivity contribution >= 4 is 21.6 Å². The van der Waals surface area contributed by atoms with Gasteiger partial charge in [0, 0.05) is 44.6 Å². The molecule has 31 heavy (non-hydrogen) atoms. The van der Waals surface area contributed by atoms with Crippen LogP contribution in [0, 0.1) is 0 Å². The van der Waals surface area contributed by atoms with Crippen LogP contribution in [0.2, 0.25) is 0 Å². The summed E-state index contributed by atoms with van der Waals surface area (Å²) in [6, 6.07) is 10.1. The van der Waals surface area contributed by atoms with E-state index >= 15 is 0 Å². The van der Waals surface area contributed by atoms with E-state index in [-0.39, 0.29) is 23.8 Å². The monoisotopic (exact) mass is 445 g/mol. The molecule has 0 saturated heterocycles. The van der Waals surface area contributed by atoms with Crippen molar-refractivity contribution < 1.29 is 22.7 Å². The number of sulfonamides is 1. The van der Waals surface area contributed by atoms with Crippen LogP contribution in [0.15, 0.2) is 47.5 Å². The van der Waals surface area contributed by atoms with E-state index in [0.717, 1.165) is 17.9 Å². The van der Waals surface area contributed by atoms with Crippen molar-refractivity contribution in [2.45, 2.75) is 24.2 Å². The standard InChI is InChI=1S/C20H23N5O5S/c26-20(21-9-7-19-24-23-18-4-1-2-11-25(18)19)8-10-22-31(27,28)15-5-6-16-17(14-15)30-13-3-12-29-16/h1-2,4-6,11,14,22H,3,7-10,12-13H2,(H,21,26). The molecule has 2 aromatic heterocycles. The van der Waals surface area contributed by atoms with Gasteiger partial charge < -0.3 is 14.8 Å². The molecule has 3 aromatic rings. The zero-order valence-electron chi connectivity index (χ0n) is 16.8. The van der Waals surface area contributed by atoms with Crippen LogP contribution in [0.5, 0.6) is 11.5 Å². The minimum absolute atomic E-state index is 0.0174. The van der Waals surface area contributed by atoms with Crippen LogP contribution in [0.3, 0.4) is 0 Å². The number of ether oxygens (including phenoxy) is 2. The van der Waals surface area contributed by atoms with Crippen molar-refractivity contribution in [3.8, 4) is 11.5 Å². The first-order valence-electron chi connectivity index (χ1n) is 9.97. The van der Waals surface area contributed by atoms with Crippen LogP contribution in [0.1, 0.15) is 18.7 Å². The van der Waals surface area contributed by atoms with Gasteiger partial charge in [-0.15, -0.1) is 10.2 Å². The molecule has 11 heteroatoms. The Morgan fingerprint density at radius 1 is 1.06 bits per heavy atom. The number of fused-ring (bicyclic) bond motifs is 2. The number of rotatable bonds is 8. The first kappa shape index (κ1) is 21.1. The second-order valence-corrected chi connectivity index (χ2v) is 8.72. The number of pyridine rings is 1. The number of carbonyl (C=O) groups excluding carboxylic acids is 1. The van der Waals surface area contributed by atoms with Gasteiger partial charge in [0.1, 0.15) is 5.82 Å².